The zero-order valence-corrected chi connectivity index (χ0v) is 25.4. The second-order valence-electron chi connectivity index (χ2n) is 12.6. The van der Waals surface area contributed by atoms with Gasteiger partial charge < -0.3 is 19.9 Å². The number of halogens is 1. The Labute approximate surface area is 250 Å². The van der Waals surface area contributed by atoms with Crippen LogP contribution in [0.25, 0.3) is 11.1 Å². The zero-order valence-electron chi connectivity index (χ0n) is 24.6. The fourth-order valence-corrected chi connectivity index (χ4v) is 7.05. The number of carbonyl (C=O) groups is 3. The fourth-order valence-electron chi connectivity index (χ4n) is 6.17. The second kappa shape index (κ2) is 12.0. The van der Waals surface area contributed by atoms with Gasteiger partial charge in [-0.25, -0.2) is 9.18 Å². The summed E-state index contributed by atoms with van der Waals surface area (Å²) < 4.78 is 20.8. The molecule has 0 radical (unpaired) electrons. The number of hydrogen-bond acceptors (Lipinski definition) is 7. The molecule has 4 atom stereocenters. The average Bonchev–Trinajstić information content (AvgIpc) is 3.69. The highest BCUT2D eigenvalue weighted by atomic mass is 32.1. The van der Waals surface area contributed by atoms with Crippen LogP contribution in [0.4, 0.5) is 9.18 Å². The molecule has 3 fully saturated rings. The van der Waals surface area contributed by atoms with Gasteiger partial charge in [-0.15, -0.1) is 11.3 Å². The van der Waals surface area contributed by atoms with Crippen LogP contribution < -0.4 is 5.32 Å². The van der Waals surface area contributed by atoms with Gasteiger partial charge in [-0.2, -0.15) is 5.26 Å². The van der Waals surface area contributed by atoms with E-state index in [1.54, 1.807) is 39.0 Å². The Morgan fingerprint density at radius 2 is 1.88 bits per heavy atom. The lowest BCUT2D eigenvalue weighted by Crippen LogP contribution is -2.55. The van der Waals surface area contributed by atoms with Gasteiger partial charge in [-0.3, -0.25) is 14.5 Å². The third-order valence-electron chi connectivity index (χ3n) is 8.34. The number of piperazine rings is 1. The van der Waals surface area contributed by atoms with Crippen LogP contribution in [0.3, 0.4) is 0 Å². The van der Waals surface area contributed by atoms with Crippen molar-refractivity contribution >= 4 is 29.2 Å². The molecule has 9 nitrogen and oxygen atoms in total. The van der Waals surface area contributed by atoms with Crippen LogP contribution in [0, 0.1) is 23.1 Å². The lowest BCUT2D eigenvalue weighted by atomic mass is 9.97. The predicted octanol–water partition coefficient (Wildman–Crippen LogP) is 4.28. The molecule has 2 aliphatic heterocycles. The minimum absolute atomic E-state index is 0.00948. The lowest BCUT2D eigenvalue weighted by molar-refractivity contribution is -0.128. The number of likely N-dealkylation sites (N-methyl/N-ethyl adjacent to an activating group) is 1. The van der Waals surface area contributed by atoms with Crippen LogP contribution in [0.15, 0.2) is 29.6 Å². The van der Waals surface area contributed by atoms with Gasteiger partial charge in [0.1, 0.15) is 23.5 Å². The van der Waals surface area contributed by atoms with Crippen molar-refractivity contribution in [3.63, 3.8) is 0 Å². The third kappa shape index (κ3) is 6.45. The van der Waals surface area contributed by atoms with E-state index in [0.29, 0.717) is 29.1 Å². The van der Waals surface area contributed by atoms with Crippen molar-refractivity contribution in [2.75, 3.05) is 33.2 Å². The van der Waals surface area contributed by atoms with Gasteiger partial charge >= 0.3 is 6.09 Å². The van der Waals surface area contributed by atoms with Gasteiger partial charge in [0.15, 0.2) is 0 Å². The van der Waals surface area contributed by atoms with Crippen molar-refractivity contribution in [3.05, 3.63) is 45.9 Å². The molecule has 11 heteroatoms. The van der Waals surface area contributed by atoms with Crippen LogP contribution >= 0.6 is 11.3 Å². The number of nitriles is 1. The van der Waals surface area contributed by atoms with E-state index in [1.165, 1.54) is 22.3 Å². The van der Waals surface area contributed by atoms with Crippen LogP contribution in [0.5, 0.6) is 0 Å². The average molecular weight is 596 g/mol. The molecular formula is C31H38FN5O4S. The number of hydrogen-bond donors (Lipinski definition) is 1. The number of fused-ring (bicyclic) bond motifs is 2. The molecule has 3 amide bonds. The maximum atomic E-state index is 15.2. The third-order valence-corrected chi connectivity index (χ3v) is 9.26. The SMILES string of the molecule is CN1CCN(C(=O)c2cc(-c3ccc(C[C@@H](C#N)NC(=O)[C@@H]4C5CC[C@H](C5)N4C(=O)OC(C)(C)C)c(F)c3)cs2)CC1. The number of rotatable bonds is 6. The first-order valence-electron chi connectivity index (χ1n) is 14.5. The molecule has 1 aromatic carbocycles. The van der Waals surface area contributed by atoms with Crippen molar-refractivity contribution in [1.82, 2.24) is 20.0 Å². The first-order chi connectivity index (χ1) is 19.9. The normalized spacial score (nSPS) is 23.0. The van der Waals surface area contributed by atoms with E-state index in [2.05, 4.69) is 16.3 Å². The van der Waals surface area contributed by atoms with E-state index < -0.39 is 35.5 Å². The molecule has 2 saturated heterocycles. The molecule has 224 valence electrons. The molecule has 2 aromatic rings. The summed E-state index contributed by atoms with van der Waals surface area (Å²) in [5, 5.41) is 14.4. The van der Waals surface area contributed by atoms with E-state index in [0.717, 1.165) is 37.9 Å². The highest BCUT2D eigenvalue weighted by Crippen LogP contribution is 2.43. The number of ether oxygens (including phenoxy) is 1. The molecule has 3 aliphatic rings. The minimum atomic E-state index is -0.966. The Bertz CT molecular complexity index is 1390. The minimum Gasteiger partial charge on any atom is -0.444 e. The summed E-state index contributed by atoms with van der Waals surface area (Å²) in [7, 11) is 2.04. The Kier molecular flexibility index (Phi) is 8.58. The topological polar surface area (TPSA) is 106 Å². The number of nitrogens with one attached hydrogen (secondary N) is 1. The molecule has 1 saturated carbocycles. The predicted molar refractivity (Wildman–Crippen MR) is 157 cm³/mol. The maximum absolute atomic E-state index is 15.2. The van der Waals surface area contributed by atoms with Crippen LogP contribution in [-0.2, 0) is 16.0 Å². The zero-order chi connectivity index (χ0) is 30.2. The summed E-state index contributed by atoms with van der Waals surface area (Å²) in [5.74, 6) is -0.899. The summed E-state index contributed by atoms with van der Waals surface area (Å²) in [6.45, 7) is 8.39. The summed E-state index contributed by atoms with van der Waals surface area (Å²) >= 11 is 1.35. The molecule has 2 bridgehead atoms. The number of benzene rings is 1. The number of likely N-dealkylation sites (tertiary alicyclic amines) is 1. The van der Waals surface area contributed by atoms with Crippen molar-refractivity contribution in [1.29, 1.82) is 5.26 Å². The Morgan fingerprint density at radius 3 is 2.55 bits per heavy atom. The standard InChI is InChI=1S/C31H38FN5O4S/c1-31(2,3)41-30(40)37-24-8-7-21(14-24)27(37)28(38)34-23(17-33)13-20-6-5-19(15-25(20)32)22-16-26(42-18-22)29(39)36-11-9-35(4)10-12-36/h5-6,15-16,18,21,23-24,27H,7-14H2,1-4H3,(H,34,38)/t21?,23-,24+,27-/m0/s1. The highest BCUT2D eigenvalue weighted by molar-refractivity contribution is 7.12. The first kappa shape index (κ1) is 30.0. The largest absolute Gasteiger partial charge is 0.444 e. The summed E-state index contributed by atoms with van der Waals surface area (Å²) in [5.41, 5.74) is 0.999. The monoisotopic (exact) mass is 595 g/mol. The molecule has 1 aromatic heterocycles. The number of piperidine rings is 1. The van der Waals surface area contributed by atoms with Crippen LogP contribution in [0.2, 0.25) is 0 Å². The van der Waals surface area contributed by atoms with Crippen molar-refractivity contribution in [3.8, 4) is 17.2 Å². The molecule has 1 N–H and O–H groups in total. The Hall–Kier alpha value is -3.49. The van der Waals surface area contributed by atoms with Gasteiger partial charge in [-0.1, -0.05) is 12.1 Å². The molecule has 1 aliphatic carbocycles. The highest BCUT2D eigenvalue weighted by Gasteiger charge is 2.52. The van der Waals surface area contributed by atoms with E-state index >= 15 is 4.39 Å². The Morgan fingerprint density at radius 1 is 1.14 bits per heavy atom. The molecule has 0 spiro atoms. The van der Waals surface area contributed by atoms with Crippen molar-refractivity contribution in [2.45, 2.75) is 70.2 Å². The van der Waals surface area contributed by atoms with E-state index in [4.69, 9.17) is 4.74 Å². The summed E-state index contributed by atoms with van der Waals surface area (Å²) in [6.07, 6.45) is 1.85. The first-order valence-corrected chi connectivity index (χ1v) is 15.4. The van der Waals surface area contributed by atoms with Crippen molar-refractivity contribution in [2.24, 2.45) is 5.92 Å². The van der Waals surface area contributed by atoms with E-state index in [1.807, 2.05) is 17.3 Å². The van der Waals surface area contributed by atoms with Gasteiger partial charge in [0.25, 0.3) is 5.91 Å². The van der Waals surface area contributed by atoms with Gasteiger partial charge in [0, 0.05) is 38.6 Å². The Balaban J connectivity index is 1.23. The number of thiophene rings is 1. The summed E-state index contributed by atoms with van der Waals surface area (Å²) in [6, 6.07) is 6.93. The van der Waals surface area contributed by atoms with Crippen LogP contribution in [-0.4, -0.2) is 89.6 Å². The fraction of sp³-hybridized carbons (Fsp3) is 0.548. The quantitative estimate of drug-likeness (QED) is 0.535. The molecule has 5 rings (SSSR count). The van der Waals surface area contributed by atoms with Gasteiger partial charge in [-0.05, 0) is 87.2 Å². The maximum Gasteiger partial charge on any atom is 0.411 e. The molecule has 1 unspecified atom stereocenters. The number of carbonyl (C=O) groups excluding carboxylic acids is 3. The molecular weight excluding hydrogens is 557 g/mol. The lowest BCUT2D eigenvalue weighted by Gasteiger charge is -2.35. The molecule has 3 heterocycles. The smallest absolute Gasteiger partial charge is 0.411 e. The van der Waals surface area contributed by atoms with Gasteiger partial charge in [0.05, 0.1) is 10.9 Å². The second-order valence-corrected chi connectivity index (χ2v) is 13.5. The van der Waals surface area contributed by atoms with Crippen molar-refractivity contribution < 1.29 is 23.5 Å². The number of nitrogens with zero attached hydrogens (tertiary/aromatic N) is 4. The summed E-state index contributed by atoms with van der Waals surface area (Å²) in [4.78, 5) is 45.4. The van der Waals surface area contributed by atoms with Crippen LogP contribution in [0.1, 0.15) is 55.3 Å². The van der Waals surface area contributed by atoms with E-state index in [-0.39, 0.29) is 24.3 Å². The number of amides is 3. The van der Waals surface area contributed by atoms with Gasteiger partial charge in [0.2, 0.25) is 5.91 Å². The van der Waals surface area contributed by atoms with E-state index in [9.17, 15) is 19.6 Å². The molecule has 42 heavy (non-hydrogen) atoms.